The Balaban J connectivity index is 1.45. The largest absolute Gasteiger partial charge is 0.493 e. The van der Waals surface area contributed by atoms with Crippen LogP contribution in [0.5, 0.6) is 5.75 Å². The van der Waals surface area contributed by atoms with E-state index in [1.165, 1.54) is 0 Å². The van der Waals surface area contributed by atoms with Crippen molar-refractivity contribution in [1.29, 1.82) is 0 Å². The molecule has 5 aromatic rings. The van der Waals surface area contributed by atoms with Crippen molar-refractivity contribution in [3.05, 3.63) is 83.7 Å². The van der Waals surface area contributed by atoms with Gasteiger partial charge in [-0.05, 0) is 54.8 Å². The average Bonchev–Trinajstić information content (AvgIpc) is 3.49. The second kappa shape index (κ2) is 8.60. The van der Waals surface area contributed by atoms with Gasteiger partial charge in [-0.15, -0.1) is 21.5 Å². The van der Waals surface area contributed by atoms with E-state index in [1.807, 2.05) is 73.0 Å². The van der Waals surface area contributed by atoms with E-state index in [4.69, 9.17) is 9.84 Å². The molecule has 1 N–H and O–H groups in total. The fraction of sp³-hybridized carbons (Fsp3) is 0.0833. The Morgan fingerprint density at radius 2 is 1.94 bits per heavy atom. The zero-order valence-corrected chi connectivity index (χ0v) is 18.0. The van der Waals surface area contributed by atoms with Crippen LogP contribution in [0.4, 0.5) is 5.69 Å². The number of benzene rings is 2. The summed E-state index contributed by atoms with van der Waals surface area (Å²) in [6.07, 6.45) is 0. The Kier molecular flexibility index (Phi) is 5.35. The fourth-order valence-electron chi connectivity index (χ4n) is 3.39. The second-order valence-corrected chi connectivity index (χ2v) is 7.90. The van der Waals surface area contributed by atoms with Crippen molar-refractivity contribution in [2.24, 2.45) is 0 Å². The molecule has 5 rings (SSSR count). The normalized spacial score (nSPS) is 10.9. The predicted octanol–water partition coefficient (Wildman–Crippen LogP) is 5.17. The highest BCUT2D eigenvalue weighted by molar-refractivity contribution is 7.13. The predicted molar refractivity (Wildman–Crippen MR) is 125 cm³/mol. The number of amides is 1. The van der Waals surface area contributed by atoms with E-state index in [1.54, 1.807) is 28.0 Å². The van der Waals surface area contributed by atoms with E-state index < -0.39 is 0 Å². The molecule has 7 nitrogen and oxygen atoms in total. The first kappa shape index (κ1) is 19.9. The number of carbonyl (C=O) groups is 1. The Morgan fingerprint density at radius 3 is 2.78 bits per heavy atom. The van der Waals surface area contributed by atoms with Crippen molar-refractivity contribution in [2.75, 3.05) is 11.9 Å². The van der Waals surface area contributed by atoms with Crippen LogP contribution in [0.3, 0.4) is 0 Å². The minimum Gasteiger partial charge on any atom is -0.493 e. The van der Waals surface area contributed by atoms with Crippen LogP contribution in [-0.2, 0) is 0 Å². The molecule has 0 bridgehead atoms. The third-order valence-electron chi connectivity index (χ3n) is 4.85. The summed E-state index contributed by atoms with van der Waals surface area (Å²) in [6.45, 7) is 2.38. The molecule has 0 atom stereocenters. The lowest BCUT2D eigenvalue weighted by molar-refractivity contribution is 0.102. The molecule has 3 heterocycles. The zero-order chi connectivity index (χ0) is 21.9. The summed E-state index contributed by atoms with van der Waals surface area (Å²) >= 11 is 1.59. The number of hydrogen-bond donors (Lipinski definition) is 1. The molecule has 0 aliphatic heterocycles. The molecular weight excluding hydrogens is 422 g/mol. The van der Waals surface area contributed by atoms with E-state index in [-0.39, 0.29) is 5.91 Å². The lowest BCUT2D eigenvalue weighted by Crippen LogP contribution is -2.13. The van der Waals surface area contributed by atoms with Gasteiger partial charge in [0.25, 0.3) is 5.91 Å². The van der Waals surface area contributed by atoms with Crippen molar-refractivity contribution < 1.29 is 9.53 Å². The van der Waals surface area contributed by atoms with Gasteiger partial charge in [0.15, 0.2) is 11.5 Å². The van der Waals surface area contributed by atoms with Crippen LogP contribution >= 0.6 is 11.3 Å². The lowest BCUT2D eigenvalue weighted by Gasteiger charge is -2.11. The number of carbonyl (C=O) groups excluding carboxylic acids is 1. The van der Waals surface area contributed by atoms with Crippen molar-refractivity contribution in [3.8, 4) is 27.7 Å². The molecule has 0 saturated heterocycles. The number of anilines is 1. The highest BCUT2D eigenvalue weighted by Gasteiger charge is 2.14. The van der Waals surface area contributed by atoms with Gasteiger partial charge in [0.05, 0.1) is 22.7 Å². The Labute approximate surface area is 188 Å². The molecular formula is C24H19N5O2S. The molecule has 0 unspecified atom stereocenters. The third kappa shape index (κ3) is 3.83. The van der Waals surface area contributed by atoms with Gasteiger partial charge in [0.1, 0.15) is 5.75 Å². The van der Waals surface area contributed by atoms with Crippen molar-refractivity contribution in [2.45, 2.75) is 6.92 Å². The SMILES string of the molecule is CCOc1ccccc1C(=O)Nc1cccc(-c2ccc3nnc(-c4cccs4)n3n2)c1. The first-order valence-electron chi connectivity index (χ1n) is 10.1. The van der Waals surface area contributed by atoms with Gasteiger partial charge in [-0.2, -0.15) is 9.61 Å². The number of nitrogens with one attached hydrogen (secondary N) is 1. The summed E-state index contributed by atoms with van der Waals surface area (Å²) in [6, 6.07) is 22.5. The van der Waals surface area contributed by atoms with Gasteiger partial charge in [0, 0.05) is 11.3 Å². The van der Waals surface area contributed by atoms with Gasteiger partial charge < -0.3 is 10.1 Å². The van der Waals surface area contributed by atoms with Crippen LogP contribution < -0.4 is 10.1 Å². The van der Waals surface area contributed by atoms with Crippen molar-refractivity contribution in [3.63, 3.8) is 0 Å². The van der Waals surface area contributed by atoms with Crippen LogP contribution in [0, 0.1) is 0 Å². The highest BCUT2D eigenvalue weighted by Crippen LogP contribution is 2.26. The Bertz CT molecular complexity index is 1390. The highest BCUT2D eigenvalue weighted by atomic mass is 32.1. The van der Waals surface area contributed by atoms with E-state index in [9.17, 15) is 4.79 Å². The van der Waals surface area contributed by atoms with E-state index in [0.29, 0.717) is 35.1 Å². The van der Waals surface area contributed by atoms with Crippen molar-refractivity contribution >= 4 is 28.6 Å². The van der Waals surface area contributed by atoms with Crippen LogP contribution in [0.2, 0.25) is 0 Å². The number of hydrogen-bond acceptors (Lipinski definition) is 6. The maximum atomic E-state index is 12.8. The topological polar surface area (TPSA) is 81.4 Å². The number of ether oxygens (including phenoxy) is 1. The first-order valence-corrected chi connectivity index (χ1v) is 11.0. The lowest BCUT2D eigenvalue weighted by atomic mass is 10.1. The van der Waals surface area contributed by atoms with Gasteiger partial charge in [-0.3, -0.25) is 4.79 Å². The smallest absolute Gasteiger partial charge is 0.259 e. The maximum Gasteiger partial charge on any atom is 0.259 e. The fourth-order valence-corrected chi connectivity index (χ4v) is 4.09. The van der Waals surface area contributed by atoms with Crippen LogP contribution in [0.1, 0.15) is 17.3 Å². The average molecular weight is 442 g/mol. The molecule has 0 saturated carbocycles. The van der Waals surface area contributed by atoms with Crippen molar-refractivity contribution in [1.82, 2.24) is 19.8 Å². The molecule has 2 aromatic carbocycles. The summed E-state index contributed by atoms with van der Waals surface area (Å²) in [7, 11) is 0. The monoisotopic (exact) mass is 441 g/mol. The first-order chi connectivity index (χ1) is 15.7. The molecule has 1 amide bonds. The summed E-state index contributed by atoms with van der Waals surface area (Å²) in [5.74, 6) is 1.03. The molecule has 3 aromatic heterocycles. The standard InChI is InChI=1S/C24H19N5O2S/c1-2-31-20-10-4-3-9-18(20)24(30)25-17-8-5-7-16(15-17)19-12-13-22-26-27-23(29(22)28-19)21-11-6-14-32-21/h3-15H,2H2,1H3,(H,25,30). The van der Waals surface area contributed by atoms with E-state index in [2.05, 4.69) is 15.5 Å². The summed E-state index contributed by atoms with van der Waals surface area (Å²) in [4.78, 5) is 13.8. The molecule has 32 heavy (non-hydrogen) atoms. The second-order valence-electron chi connectivity index (χ2n) is 6.95. The minimum absolute atomic E-state index is 0.228. The number of aromatic nitrogens is 4. The zero-order valence-electron chi connectivity index (χ0n) is 17.2. The number of thiophene rings is 1. The van der Waals surface area contributed by atoms with Gasteiger partial charge >= 0.3 is 0 Å². The van der Waals surface area contributed by atoms with E-state index >= 15 is 0 Å². The quantitative estimate of drug-likeness (QED) is 0.393. The number of fused-ring (bicyclic) bond motifs is 1. The van der Waals surface area contributed by atoms with Crippen LogP contribution in [-0.4, -0.2) is 32.3 Å². The molecule has 0 aliphatic rings. The number of para-hydroxylation sites is 1. The molecule has 0 aliphatic carbocycles. The molecule has 8 heteroatoms. The van der Waals surface area contributed by atoms with Crippen LogP contribution in [0.15, 0.2) is 78.2 Å². The molecule has 0 fully saturated rings. The molecule has 0 radical (unpaired) electrons. The third-order valence-corrected chi connectivity index (χ3v) is 5.72. The Hall–Kier alpha value is -4.04. The molecule has 0 spiro atoms. The minimum atomic E-state index is -0.228. The van der Waals surface area contributed by atoms with Gasteiger partial charge in [-0.1, -0.05) is 30.3 Å². The summed E-state index contributed by atoms with van der Waals surface area (Å²) in [5.41, 5.74) is 3.45. The Morgan fingerprint density at radius 1 is 1.03 bits per heavy atom. The summed E-state index contributed by atoms with van der Waals surface area (Å²) in [5, 5.41) is 18.2. The summed E-state index contributed by atoms with van der Waals surface area (Å²) < 4.78 is 7.32. The maximum absolute atomic E-state index is 12.8. The van der Waals surface area contributed by atoms with E-state index in [0.717, 1.165) is 16.1 Å². The van der Waals surface area contributed by atoms with Gasteiger partial charge in [0.2, 0.25) is 0 Å². The molecule has 158 valence electrons. The number of rotatable bonds is 6. The van der Waals surface area contributed by atoms with Crippen LogP contribution in [0.25, 0.3) is 27.6 Å². The number of nitrogens with zero attached hydrogens (tertiary/aromatic N) is 4. The van der Waals surface area contributed by atoms with Gasteiger partial charge in [-0.25, -0.2) is 0 Å².